The second-order valence-electron chi connectivity index (χ2n) is 6.71. The molecule has 7 nitrogen and oxygen atoms in total. The molecule has 0 radical (unpaired) electrons. The molecule has 1 aliphatic heterocycles. The third-order valence-electron chi connectivity index (χ3n) is 4.82. The van der Waals surface area contributed by atoms with Gasteiger partial charge in [-0.2, -0.15) is 4.98 Å². The largest absolute Gasteiger partial charge is 0.494 e. The first-order valence-electron chi connectivity index (χ1n) is 9.16. The maximum Gasteiger partial charge on any atom is 0.322 e. The molecule has 1 aliphatic rings. The molecule has 0 spiro atoms. The Kier molecular flexibility index (Phi) is 5.30. The number of ether oxygens (including phenoxy) is 1. The van der Waals surface area contributed by atoms with Crippen molar-refractivity contribution in [2.24, 2.45) is 0 Å². The third-order valence-corrected chi connectivity index (χ3v) is 4.82. The van der Waals surface area contributed by atoms with Crippen LogP contribution in [-0.2, 0) is 0 Å². The lowest BCUT2D eigenvalue weighted by atomic mass is 10.2. The monoisotopic (exact) mass is 418 g/mol. The summed E-state index contributed by atoms with van der Waals surface area (Å²) in [5.74, 6) is -1.96. The number of rotatable bonds is 4. The van der Waals surface area contributed by atoms with Gasteiger partial charge in [0, 0.05) is 24.4 Å². The van der Waals surface area contributed by atoms with Crippen LogP contribution in [0.4, 0.5) is 23.7 Å². The summed E-state index contributed by atoms with van der Waals surface area (Å²) < 4.78 is 51.1. The predicted molar refractivity (Wildman–Crippen MR) is 100 cm³/mol. The zero-order valence-corrected chi connectivity index (χ0v) is 15.9. The topological polar surface area (TPSA) is 80.5 Å². The average Bonchev–Trinajstić information content (AvgIpc) is 3.37. The van der Waals surface area contributed by atoms with Crippen LogP contribution in [0.3, 0.4) is 0 Å². The van der Waals surface area contributed by atoms with Crippen molar-refractivity contribution in [2.75, 3.05) is 19.0 Å². The highest BCUT2D eigenvalue weighted by atomic mass is 19.1. The van der Waals surface area contributed by atoms with E-state index in [2.05, 4.69) is 15.5 Å². The number of anilines is 1. The molecule has 1 saturated heterocycles. The van der Waals surface area contributed by atoms with Crippen LogP contribution in [0.5, 0.6) is 5.75 Å². The van der Waals surface area contributed by atoms with Gasteiger partial charge in [0.05, 0.1) is 12.7 Å². The summed E-state index contributed by atoms with van der Waals surface area (Å²) in [5, 5.41) is 6.39. The lowest BCUT2D eigenvalue weighted by molar-refractivity contribution is 0.193. The van der Waals surface area contributed by atoms with E-state index in [1.807, 2.05) is 0 Å². The summed E-state index contributed by atoms with van der Waals surface area (Å²) in [6, 6.07) is 6.15. The normalized spacial score (nSPS) is 16.0. The molecule has 1 fully saturated rings. The van der Waals surface area contributed by atoms with Crippen molar-refractivity contribution in [1.82, 2.24) is 15.0 Å². The quantitative estimate of drug-likeness (QED) is 0.673. The number of amides is 2. The first-order chi connectivity index (χ1) is 14.5. The number of carbonyl (C=O) groups is 1. The summed E-state index contributed by atoms with van der Waals surface area (Å²) in [7, 11) is 1.35. The van der Waals surface area contributed by atoms with E-state index in [4.69, 9.17) is 9.26 Å². The highest BCUT2D eigenvalue weighted by molar-refractivity contribution is 5.89. The second-order valence-corrected chi connectivity index (χ2v) is 6.71. The molecule has 3 aromatic rings. The first kappa shape index (κ1) is 19.7. The number of nitrogens with zero attached hydrogens (tertiary/aromatic N) is 3. The second kappa shape index (κ2) is 8.05. The summed E-state index contributed by atoms with van der Waals surface area (Å²) in [6.45, 7) is 0.428. The number of urea groups is 1. The number of halogens is 3. The fourth-order valence-electron chi connectivity index (χ4n) is 3.36. The lowest BCUT2D eigenvalue weighted by Crippen LogP contribution is -2.34. The van der Waals surface area contributed by atoms with Crippen LogP contribution in [0, 0.1) is 17.5 Å². The van der Waals surface area contributed by atoms with E-state index in [1.165, 1.54) is 30.2 Å². The Morgan fingerprint density at radius 2 is 2.03 bits per heavy atom. The Balaban J connectivity index is 1.52. The van der Waals surface area contributed by atoms with Crippen LogP contribution in [0.15, 0.2) is 40.9 Å². The van der Waals surface area contributed by atoms with Crippen LogP contribution in [0.25, 0.3) is 11.4 Å². The lowest BCUT2D eigenvalue weighted by Gasteiger charge is -2.22. The van der Waals surface area contributed by atoms with Crippen LogP contribution < -0.4 is 10.1 Å². The molecule has 156 valence electrons. The maximum absolute atomic E-state index is 14.0. The maximum atomic E-state index is 14.0. The highest BCUT2D eigenvalue weighted by Crippen LogP contribution is 2.33. The molecular weight excluding hydrogens is 401 g/mol. The number of nitrogens with one attached hydrogen (secondary N) is 1. The number of methoxy groups -OCH3 is 1. The number of likely N-dealkylation sites (tertiary alicyclic amines) is 1. The molecule has 0 bridgehead atoms. The van der Waals surface area contributed by atoms with E-state index in [0.29, 0.717) is 19.4 Å². The summed E-state index contributed by atoms with van der Waals surface area (Å²) in [6.07, 6.45) is 1.26. The van der Waals surface area contributed by atoms with E-state index in [-0.39, 0.29) is 28.7 Å². The van der Waals surface area contributed by atoms with Gasteiger partial charge in [0.2, 0.25) is 11.7 Å². The van der Waals surface area contributed by atoms with Gasteiger partial charge in [0.1, 0.15) is 17.7 Å². The first-order valence-corrected chi connectivity index (χ1v) is 9.16. The zero-order chi connectivity index (χ0) is 21.3. The number of hydrogen-bond acceptors (Lipinski definition) is 5. The van der Waals surface area contributed by atoms with Gasteiger partial charge in [-0.25, -0.2) is 18.0 Å². The molecule has 1 N–H and O–H groups in total. The minimum atomic E-state index is -0.815. The molecule has 10 heteroatoms. The molecule has 2 heterocycles. The van der Waals surface area contributed by atoms with Gasteiger partial charge in [-0.1, -0.05) is 5.16 Å². The van der Waals surface area contributed by atoms with Gasteiger partial charge < -0.3 is 19.5 Å². The van der Waals surface area contributed by atoms with E-state index in [1.54, 1.807) is 0 Å². The Morgan fingerprint density at radius 1 is 1.20 bits per heavy atom. The fourth-order valence-corrected chi connectivity index (χ4v) is 3.36. The minimum absolute atomic E-state index is 0.00546. The van der Waals surface area contributed by atoms with Crippen molar-refractivity contribution in [3.8, 4) is 17.1 Å². The van der Waals surface area contributed by atoms with Gasteiger partial charge in [-0.05, 0) is 37.1 Å². The van der Waals surface area contributed by atoms with E-state index in [0.717, 1.165) is 18.2 Å². The molecule has 2 amide bonds. The van der Waals surface area contributed by atoms with E-state index >= 15 is 0 Å². The molecular formula is C20H17F3N4O3. The van der Waals surface area contributed by atoms with E-state index < -0.39 is 29.5 Å². The Hall–Kier alpha value is -3.56. The Labute approximate surface area is 169 Å². The Morgan fingerprint density at radius 3 is 2.77 bits per heavy atom. The summed E-state index contributed by atoms with van der Waals surface area (Å²) in [5.41, 5.74) is 0.262. The Bertz CT molecular complexity index is 1090. The minimum Gasteiger partial charge on any atom is -0.494 e. The van der Waals surface area contributed by atoms with Gasteiger partial charge in [-0.3, -0.25) is 0 Å². The number of carbonyl (C=O) groups excluding carboxylic acids is 1. The average molecular weight is 418 g/mol. The van der Waals surface area contributed by atoms with Crippen molar-refractivity contribution < 1.29 is 27.2 Å². The van der Waals surface area contributed by atoms with Crippen molar-refractivity contribution in [2.45, 2.75) is 18.9 Å². The van der Waals surface area contributed by atoms with Crippen molar-refractivity contribution >= 4 is 11.7 Å². The van der Waals surface area contributed by atoms with Gasteiger partial charge in [-0.15, -0.1) is 0 Å². The standard InChI is InChI=1S/C20H17F3N4O3/c1-29-17-7-5-12(10-15(17)23)24-20(28)27-8-2-3-16(27)19-25-18(26-30-19)13-6-4-11(21)9-14(13)22/h4-7,9-10,16H,2-3,8H2,1H3,(H,24,28)/t16-/m0/s1. The fraction of sp³-hybridized carbons (Fsp3) is 0.250. The molecule has 1 atom stereocenters. The van der Waals surface area contributed by atoms with Gasteiger partial charge >= 0.3 is 6.03 Å². The number of hydrogen-bond donors (Lipinski definition) is 1. The molecule has 30 heavy (non-hydrogen) atoms. The number of aromatic nitrogens is 2. The summed E-state index contributed by atoms with van der Waals surface area (Å²) >= 11 is 0. The molecule has 0 saturated carbocycles. The van der Waals surface area contributed by atoms with E-state index in [9.17, 15) is 18.0 Å². The van der Waals surface area contributed by atoms with Crippen molar-refractivity contribution in [3.05, 3.63) is 59.7 Å². The van der Waals surface area contributed by atoms with Crippen LogP contribution in [0.1, 0.15) is 24.8 Å². The van der Waals surface area contributed by atoms with Gasteiger partial charge in [0.25, 0.3) is 0 Å². The number of benzene rings is 2. The van der Waals surface area contributed by atoms with Crippen molar-refractivity contribution in [3.63, 3.8) is 0 Å². The third kappa shape index (κ3) is 3.80. The van der Waals surface area contributed by atoms with Crippen molar-refractivity contribution in [1.29, 1.82) is 0 Å². The predicted octanol–water partition coefficient (Wildman–Crippen LogP) is 4.53. The molecule has 2 aromatic carbocycles. The van der Waals surface area contributed by atoms with Crippen LogP contribution >= 0.6 is 0 Å². The molecule has 0 unspecified atom stereocenters. The molecule has 4 rings (SSSR count). The smallest absolute Gasteiger partial charge is 0.322 e. The SMILES string of the molecule is COc1ccc(NC(=O)N2CCC[C@H]2c2nc(-c3ccc(F)cc3F)no2)cc1F. The summed E-state index contributed by atoms with van der Waals surface area (Å²) in [4.78, 5) is 18.4. The molecule has 0 aliphatic carbocycles. The zero-order valence-electron chi connectivity index (χ0n) is 15.9. The molecule has 1 aromatic heterocycles. The van der Waals surface area contributed by atoms with Crippen LogP contribution in [0.2, 0.25) is 0 Å². The van der Waals surface area contributed by atoms with Crippen LogP contribution in [-0.4, -0.2) is 34.7 Å². The van der Waals surface area contributed by atoms with Gasteiger partial charge in [0.15, 0.2) is 11.6 Å². The highest BCUT2D eigenvalue weighted by Gasteiger charge is 2.34.